The summed E-state index contributed by atoms with van der Waals surface area (Å²) in [4.78, 5) is 22.4. The first kappa shape index (κ1) is 13.6. The van der Waals surface area contributed by atoms with Crippen molar-refractivity contribution in [2.75, 3.05) is 14.2 Å². The van der Waals surface area contributed by atoms with Gasteiger partial charge in [0.2, 0.25) is 0 Å². The second-order valence-corrected chi connectivity index (χ2v) is 3.05. The summed E-state index contributed by atoms with van der Waals surface area (Å²) in [6.07, 6.45) is -1.78. The molecule has 0 rings (SSSR count). The van der Waals surface area contributed by atoms with Crippen LogP contribution >= 0.6 is 0 Å². The van der Waals surface area contributed by atoms with Crippen LogP contribution in [0.15, 0.2) is 12.2 Å². The van der Waals surface area contributed by atoms with Gasteiger partial charge in [0.15, 0.2) is 0 Å². The minimum atomic E-state index is -1.35. The highest BCUT2D eigenvalue weighted by atomic mass is 16.6. The highest BCUT2D eigenvalue weighted by Crippen LogP contribution is 2.08. The lowest BCUT2D eigenvalue weighted by molar-refractivity contribution is -0.172. The van der Waals surface area contributed by atoms with Crippen LogP contribution in [0.4, 0.5) is 0 Å². The zero-order valence-electron chi connectivity index (χ0n) is 9.40. The van der Waals surface area contributed by atoms with E-state index in [9.17, 15) is 9.59 Å². The predicted octanol–water partition coefficient (Wildman–Crippen LogP) is 0.682. The Morgan fingerprint density at radius 3 is 1.80 bits per heavy atom. The van der Waals surface area contributed by atoms with E-state index in [4.69, 9.17) is 4.74 Å². The monoisotopic (exact) mass is 216 g/mol. The fourth-order valence-corrected chi connectivity index (χ4v) is 0.742. The molecule has 0 aromatic carbocycles. The second-order valence-electron chi connectivity index (χ2n) is 3.05. The molecule has 5 nitrogen and oxygen atoms in total. The van der Waals surface area contributed by atoms with Crippen LogP contribution in [0.1, 0.15) is 13.8 Å². The molecule has 0 aromatic rings. The largest absolute Gasteiger partial charge is 0.467 e. The summed E-state index contributed by atoms with van der Waals surface area (Å²) in [5.41, 5.74) is 0.702. The van der Waals surface area contributed by atoms with Crippen molar-refractivity contribution in [1.29, 1.82) is 0 Å². The first-order valence-corrected chi connectivity index (χ1v) is 4.40. The van der Waals surface area contributed by atoms with Crippen LogP contribution in [0.2, 0.25) is 0 Å². The average molecular weight is 216 g/mol. The Bertz CT molecular complexity index is 243. The van der Waals surface area contributed by atoms with Crippen LogP contribution in [0.25, 0.3) is 0 Å². The third-order valence-corrected chi connectivity index (χ3v) is 1.86. The minimum Gasteiger partial charge on any atom is -0.467 e. The van der Waals surface area contributed by atoms with Crippen molar-refractivity contribution in [1.82, 2.24) is 0 Å². The zero-order valence-corrected chi connectivity index (χ0v) is 9.40. The van der Waals surface area contributed by atoms with E-state index in [0.717, 1.165) is 0 Å². The minimum absolute atomic E-state index is 0.423. The summed E-state index contributed by atoms with van der Waals surface area (Å²) in [5, 5.41) is 0. The van der Waals surface area contributed by atoms with Crippen molar-refractivity contribution in [3.63, 3.8) is 0 Å². The molecule has 0 amide bonds. The third kappa shape index (κ3) is 4.12. The molecule has 1 unspecified atom stereocenters. The first-order valence-electron chi connectivity index (χ1n) is 4.40. The molecule has 0 aliphatic rings. The summed E-state index contributed by atoms with van der Waals surface area (Å²) in [6, 6.07) is 0. The van der Waals surface area contributed by atoms with Crippen molar-refractivity contribution in [3.8, 4) is 0 Å². The van der Waals surface area contributed by atoms with Gasteiger partial charge in [0.05, 0.1) is 20.3 Å². The third-order valence-electron chi connectivity index (χ3n) is 1.86. The van der Waals surface area contributed by atoms with Crippen molar-refractivity contribution >= 4 is 11.9 Å². The van der Waals surface area contributed by atoms with E-state index in [0.29, 0.717) is 5.57 Å². The van der Waals surface area contributed by atoms with Crippen LogP contribution in [-0.4, -0.2) is 38.4 Å². The van der Waals surface area contributed by atoms with Gasteiger partial charge in [-0.15, -0.1) is 0 Å². The number of hydrogen-bond donors (Lipinski definition) is 0. The summed E-state index contributed by atoms with van der Waals surface area (Å²) >= 11 is 0. The Hall–Kier alpha value is -1.36. The van der Waals surface area contributed by atoms with E-state index < -0.39 is 24.1 Å². The Balaban J connectivity index is 4.58. The van der Waals surface area contributed by atoms with Gasteiger partial charge < -0.3 is 14.2 Å². The normalized spacial score (nSPS) is 12.1. The molecular formula is C10H16O5. The fraction of sp³-hybridized carbons (Fsp3) is 0.600. The van der Waals surface area contributed by atoms with Gasteiger partial charge in [0, 0.05) is 0 Å². The van der Waals surface area contributed by atoms with Gasteiger partial charge in [-0.2, -0.15) is 0 Å². The maximum absolute atomic E-state index is 11.2. The van der Waals surface area contributed by atoms with Gasteiger partial charge in [0.25, 0.3) is 6.10 Å². The summed E-state index contributed by atoms with van der Waals surface area (Å²) < 4.78 is 14.0. The molecule has 0 saturated heterocycles. The second kappa shape index (κ2) is 6.19. The van der Waals surface area contributed by atoms with E-state index in [-0.39, 0.29) is 0 Å². The van der Waals surface area contributed by atoms with E-state index in [2.05, 4.69) is 16.1 Å². The predicted molar refractivity (Wildman–Crippen MR) is 53.2 cm³/mol. The Morgan fingerprint density at radius 2 is 1.53 bits per heavy atom. The van der Waals surface area contributed by atoms with Crippen LogP contribution in [0.5, 0.6) is 0 Å². The Labute approximate surface area is 89.0 Å². The topological polar surface area (TPSA) is 61.8 Å². The van der Waals surface area contributed by atoms with Crippen LogP contribution in [0, 0.1) is 0 Å². The van der Waals surface area contributed by atoms with Crippen molar-refractivity contribution in [2.24, 2.45) is 0 Å². The lowest BCUT2D eigenvalue weighted by atomic mass is 10.2. The van der Waals surface area contributed by atoms with Crippen LogP contribution in [-0.2, 0) is 23.8 Å². The lowest BCUT2D eigenvalue weighted by Crippen LogP contribution is -2.37. The highest BCUT2D eigenvalue weighted by Gasteiger charge is 2.31. The molecule has 0 aliphatic carbocycles. The van der Waals surface area contributed by atoms with E-state index in [1.165, 1.54) is 14.2 Å². The molecule has 0 heterocycles. The number of methoxy groups -OCH3 is 2. The van der Waals surface area contributed by atoms with Crippen LogP contribution in [0.3, 0.4) is 0 Å². The number of ether oxygens (including phenoxy) is 3. The molecule has 15 heavy (non-hydrogen) atoms. The molecule has 0 aliphatic heterocycles. The fourth-order valence-electron chi connectivity index (χ4n) is 0.742. The maximum Gasteiger partial charge on any atom is 0.346 e. The van der Waals surface area contributed by atoms with E-state index in [1.54, 1.807) is 13.8 Å². The SMILES string of the molecule is C=C(C)C(C)OC(C(=O)OC)C(=O)OC. The number of carbonyl (C=O) groups excluding carboxylic acids is 2. The van der Waals surface area contributed by atoms with Crippen LogP contribution < -0.4 is 0 Å². The number of esters is 2. The van der Waals surface area contributed by atoms with Gasteiger partial charge in [-0.1, -0.05) is 12.2 Å². The van der Waals surface area contributed by atoms with Crippen molar-refractivity contribution in [3.05, 3.63) is 12.2 Å². The smallest absolute Gasteiger partial charge is 0.346 e. The molecule has 5 heteroatoms. The lowest BCUT2D eigenvalue weighted by Gasteiger charge is -2.18. The van der Waals surface area contributed by atoms with Gasteiger partial charge in [-0.05, 0) is 13.8 Å². The maximum atomic E-state index is 11.2. The van der Waals surface area contributed by atoms with Crippen molar-refractivity contribution in [2.45, 2.75) is 26.1 Å². The molecular weight excluding hydrogens is 200 g/mol. The summed E-state index contributed by atoms with van der Waals surface area (Å²) in [6.45, 7) is 7.06. The van der Waals surface area contributed by atoms with Gasteiger partial charge in [-0.25, -0.2) is 9.59 Å². The summed E-state index contributed by atoms with van der Waals surface area (Å²) in [7, 11) is 2.35. The zero-order chi connectivity index (χ0) is 12.0. The first-order chi connectivity index (χ1) is 6.93. The molecule has 0 N–H and O–H groups in total. The molecule has 0 spiro atoms. The Kier molecular flexibility index (Phi) is 5.62. The molecule has 0 radical (unpaired) electrons. The van der Waals surface area contributed by atoms with Gasteiger partial charge in [0.1, 0.15) is 0 Å². The molecule has 0 saturated carbocycles. The quantitative estimate of drug-likeness (QED) is 0.384. The van der Waals surface area contributed by atoms with E-state index in [1.807, 2.05) is 0 Å². The van der Waals surface area contributed by atoms with E-state index >= 15 is 0 Å². The van der Waals surface area contributed by atoms with Gasteiger partial charge in [-0.3, -0.25) is 0 Å². The Morgan fingerprint density at radius 1 is 1.13 bits per heavy atom. The molecule has 86 valence electrons. The number of carbonyl (C=O) groups is 2. The highest BCUT2D eigenvalue weighted by molar-refractivity contribution is 5.97. The number of hydrogen-bond acceptors (Lipinski definition) is 5. The molecule has 1 atom stereocenters. The standard InChI is InChI=1S/C10H16O5/c1-6(2)7(3)15-8(9(11)13-4)10(12)14-5/h7-8H,1H2,2-5H3. The van der Waals surface area contributed by atoms with Crippen molar-refractivity contribution < 1.29 is 23.8 Å². The average Bonchev–Trinajstić information content (AvgIpc) is 2.23. The summed E-state index contributed by atoms with van der Waals surface area (Å²) in [5.74, 6) is -1.56. The number of rotatable bonds is 5. The van der Waals surface area contributed by atoms with Gasteiger partial charge >= 0.3 is 11.9 Å². The molecule has 0 fully saturated rings. The molecule has 0 bridgehead atoms. The molecule has 0 aromatic heterocycles.